The van der Waals surface area contributed by atoms with Crippen LogP contribution in [0.1, 0.15) is 0 Å². The van der Waals surface area contributed by atoms with Crippen LogP contribution in [0.3, 0.4) is 0 Å². The van der Waals surface area contributed by atoms with Gasteiger partial charge in [-0.2, -0.15) is 0 Å². The van der Waals surface area contributed by atoms with E-state index in [4.69, 9.17) is 11.6 Å². The van der Waals surface area contributed by atoms with Gasteiger partial charge in [0.25, 0.3) is 0 Å². The first-order chi connectivity index (χ1) is 9.15. The zero-order chi connectivity index (χ0) is 13.7. The van der Waals surface area contributed by atoms with Crippen molar-refractivity contribution in [2.75, 3.05) is 23.8 Å². The van der Waals surface area contributed by atoms with E-state index in [1.807, 2.05) is 42.3 Å². The Bertz CT molecular complexity index is 540. The SMILES string of the molecule is CN(CC(=O)Nc1ccc(Cl)cc1)c1ccccc1. The normalized spacial score (nSPS) is 10.0. The van der Waals surface area contributed by atoms with Crippen molar-refractivity contribution in [2.24, 2.45) is 0 Å². The molecule has 0 spiro atoms. The van der Waals surface area contributed by atoms with Crippen molar-refractivity contribution < 1.29 is 4.79 Å². The molecule has 0 aliphatic heterocycles. The summed E-state index contributed by atoms with van der Waals surface area (Å²) < 4.78 is 0. The quantitative estimate of drug-likeness (QED) is 0.927. The average molecular weight is 275 g/mol. The average Bonchev–Trinajstić information content (AvgIpc) is 2.42. The van der Waals surface area contributed by atoms with Gasteiger partial charge in [-0.1, -0.05) is 29.8 Å². The van der Waals surface area contributed by atoms with Crippen molar-refractivity contribution in [3.05, 3.63) is 59.6 Å². The minimum Gasteiger partial charge on any atom is -0.365 e. The first-order valence-corrected chi connectivity index (χ1v) is 6.34. The molecule has 0 bridgehead atoms. The zero-order valence-corrected chi connectivity index (χ0v) is 11.4. The van der Waals surface area contributed by atoms with Gasteiger partial charge in [0.2, 0.25) is 5.91 Å². The third-order valence-corrected chi connectivity index (χ3v) is 2.96. The van der Waals surface area contributed by atoms with E-state index in [-0.39, 0.29) is 5.91 Å². The molecule has 3 nitrogen and oxygen atoms in total. The van der Waals surface area contributed by atoms with Gasteiger partial charge in [0, 0.05) is 23.4 Å². The Morgan fingerprint density at radius 3 is 2.37 bits per heavy atom. The number of amides is 1. The highest BCUT2D eigenvalue weighted by atomic mass is 35.5. The number of benzene rings is 2. The fourth-order valence-corrected chi connectivity index (χ4v) is 1.85. The summed E-state index contributed by atoms with van der Waals surface area (Å²) in [6.45, 7) is 0.298. The fraction of sp³-hybridized carbons (Fsp3) is 0.133. The van der Waals surface area contributed by atoms with Crippen LogP contribution in [0, 0.1) is 0 Å². The van der Waals surface area contributed by atoms with Crippen LogP contribution in [-0.4, -0.2) is 19.5 Å². The van der Waals surface area contributed by atoms with Crippen molar-refractivity contribution in [3.63, 3.8) is 0 Å². The molecule has 2 aromatic rings. The molecule has 0 aliphatic rings. The Morgan fingerprint density at radius 1 is 1.11 bits per heavy atom. The Labute approximate surface area is 117 Å². The lowest BCUT2D eigenvalue weighted by atomic mass is 10.3. The smallest absolute Gasteiger partial charge is 0.243 e. The lowest BCUT2D eigenvalue weighted by Crippen LogP contribution is -2.29. The highest BCUT2D eigenvalue weighted by Crippen LogP contribution is 2.14. The third-order valence-electron chi connectivity index (χ3n) is 2.71. The van der Waals surface area contributed by atoms with Crippen LogP contribution in [-0.2, 0) is 4.79 Å². The van der Waals surface area contributed by atoms with Crippen LogP contribution < -0.4 is 10.2 Å². The Hall–Kier alpha value is -2.00. The number of carbonyl (C=O) groups excluding carboxylic acids is 1. The van der Waals surface area contributed by atoms with E-state index >= 15 is 0 Å². The van der Waals surface area contributed by atoms with Crippen molar-refractivity contribution in [1.82, 2.24) is 0 Å². The summed E-state index contributed by atoms with van der Waals surface area (Å²) in [7, 11) is 1.89. The maximum atomic E-state index is 11.9. The minimum absolute atomic E-state index is 0.0614. The second-order valence-corrected chi connectivity index (χ2v) is 4.68. The van der Waals surface area contributed by atoms with E-state index in [0.717, 1.165) is 11.4 Å². The lowest BCUT2D eigenvalue weighted by molar-refractivity contribution is -0.114. The molecule has 1 N–H and O–H groups in total. The number of nitrogens with zero attached hydrogens (tertiary/aromatic N) is 1. The van der Waals surface area contributed by atoms with Crippen molar-refractivity contribution in [3.8, 4) is 0 Å². The molecule has 0 saturated heterocycles. The van der Waals surface area contributed by atoms with Gasteiger partial charge in [0.1, 0.15) is 0 Å². The van der Waals surface area contributed by atoms with E-state index in [1.54, 1.807) is 24.3 Å². The molecule has 0 radical (unpaired) electrons. The van der Waals surface area contributed by atoms with Gasteiger partial charge in [-0.05, 0) is 36.4 Å². The Morgan fingerprint density at radius 2 is 1.74 bits per heavy atom. The van der Waals surface area contributed by atoms with Crippen LogP contribution in [0.15, 0.2) is 54.6 Å². The lowest BCUT2D eigenvalue weighted by Gasteiger charge is -2.18. The van der Waals surface area contributed by atoms with Crippen LogP contribution in [0.25, 0.3) is 0 Å². The number of carbonyl (C=O) groups is 1. The molecule has 0 aromatic heterocycles. The van der Waals surface area contributed by atoms with Gasteiger partial charge < -0.3 is 10.2 Å². The predicted octanol–water partition coefficient (Wildman–Crippen LogP) is 3.41. The number of nitrogens with one attached hydrogen (secondary N) is 1. The number of anilines is 2. The molecule has 0 atom stereocenters. The predicted molar refractivity (Wildman–Crippen MR) is 79.8 cm³/mol. The van der Waals surface area contributed by atoms with E-state index in [9.17, 15) is 4.79 Å². The molecule has 0 unspecified atom stereocenters. The number of para-hydroxylation sites is 1. The summed E-state index contributed by atoms with van der Waals surface area (Å²) in [5.41, 5.74) is 1.75. The molecule has 0 heterocycles. The van der Waals surface area contributed by atoms with Crippen molar-refractivity contribution in [1.29, 1.82) is 0 Å². The summed E-state index contributed by atoms with van der Waals surface area (Å²) in [4.78, 5) is 13.8. The second kappa shape index (κ2) is 6.25. The van der Waals surface area contributed by atoms with Crippen LogP contribution in [0.2, 0.25) is 5.02 Å². The van der Waals surface area contributed by atoms with Crippen molar-refractivity contribution in [2.45, 2.75) is 0 Å². The molecule has 0 saturated carbocycles. The highest BCUT2D eigenvalue weighted by molar-refractivity contribution is 6.30. The maximum absolute atomic E-state index is 11.9. The summed E-state index contributed by atoms with van der Waals surface area (Å²) in [5.74, 6) is -0.0614. The number of hydrogen-bond donors (Lipinski definition) is 1. The van der Waals surface area contributed by atoms with Crippen LogP contribution in [0.5, 0.6) is 0 Å². The van der Waals surface area contributed by atoms with Gasteiger partial charge in [-0.15, -0.1) is 0 Å². The Balaban J connectivity index is 1.93. The molecular formula is C15H15ClN2O. The molecule has 98 valence electrons. The summed E-state index contributed by atoms with van der Waals surface area (Å²) in [5, 5.41) is 3.48. The number of likely N-dealkylation sites (N-methyl/N-ethyl adjacent to an activating group) is 1. The Kier molecular flexibility index (Phi) is 4.42. The molecule has 2 rings (SSSR count). The molecule has 0 aliphatic carbocycles. The fourth-order valence-electron chi connectivity index (χ4n) is 1.72. The third kappa shape index (κ3) is 4.00. The summed E-state index contributed by atoms with van der Waals surface area (Å²) in [6, 6.07) is 16.8. The number of rotatable bonds is 4. The number of hydrogen-bond acceptors (Lipinski definition) is 2. The van der Waals surface area contributed by atoms with Crippen LogP contribution in [0.4, 0.5) is 11.4 Å². The van der Waals surface area contributed by atoms with Gasteiger partial charge in [0.15, 0.2) is 0 Å². The van der Waals surface area contributed by atoms with Gasteiger partial charge in [-0.25, -0.2) is 0 Å². The van der Waals surface area contributed by atoms with Crippen molar-refractivity contribution >= 4 is 28.9 Å². The zero-order valence-electron chi connectivity index (χ0n) is 10.6. The monoisotopic (exact) mass is 274 g/mol. The van der Waals surface area contributed by atoms with E-state index in [2.05, 4.69) is 5.32 Å². The standard InChI is InChI=1S/C15H15ClN2O/c1-18(14-5-3-2-4-6-14)11-15(19)17-13-9-7-12(16)8-10-13/h2-10H,11H2,1H3,(H,17,19). The minimum atomic E-state index is -0.0614. The molecule has 4 heteroatoms. The molecule has 1 amide bonds. The molecular weight excluding hydrogens is 260 g/mol. The number of halogens is 1. The topological polar surface area (TPSA) is 32.3 Å². The van der Waals surface area contributed by atoms with Gasteiger partial charge in [0.05, 0.1) is 6.54 Å². The van der Waals surface area contributed by atoms with E-state index < -0.39 is 0 Å². The largest absolute Gasteiger partial charge is 0.365 e. The van der Waals surface area contributed by atoms with Crippen LogP contribution >= 0.6 is 11.6 Å². The van der Waals surface area contributed by atoms with E-state index in [1.165, 1.54) is 0 Å². The first-order valence-electron chi connectivity index (χ1n) is 5.97. The highest BCUT2D eigenvalue weighted by Gasteiger charge is 2.07. The van der Waals surface area contributed by atoms with Gasteiger partial charge >= 0.3 is 0 Å². The summed E-state index contributed by atoms with van der Waals surface area (Å²) >= 11 is 5.79. The maximum Gasteiger partial charge on any atom is 0.243 e. The molecule has 2 aromatic carbocycles. The van der Waals surface area contributed by atoms with Gasteiger partial charge in [-0.3, -0.25) is 4.79 Å². The molecule has 19 heavy (non-hydrogen) atoms. The molecule has 0 fully saturated rings. The second-order valence-electron chi connectivity index (χ2n) is 4.25. The summed E-state index contributed by atoms with van der Waals surface area (Å²) in [6.07, 6.45) is 0. The first kappa shape index (κ1) is 13.4. The van der Waals surface area contributed by atoms with E-state index in [0.29, 0.717) is 11.6 Å².